The number of carbonyl (C=O) groups is 3. The molecular formula is C21H25O10P. The van der Waals surface area contributed by atoms with E-state index in [1.54, 1.807) is 13.0 Å². The Hall–Kier alpha value is -2.94. The molecule has 0 saturated heterocycles. The lowest BCUT2D eigenvalue weighted by molar-refractivity contribution is -0.149. The number of aromatic hydroxyl groups is 1. The molecular weight excluding hydrogens is 443 g/mol. The van der Waals surface area contributed by atoms with Crippen molar-refractivity contribution in [1.82, 2.24) is 0 Å². The van der Waals surface area contributed by atoms with Gasteiger partial charge in [0.1, 0.15) is 23.0 Å². The molecule has 2 atom stereocenters. The van der Waals surface area contributed by atoms with Gasteiger partial charge in [0.2, 0.25) is 0 Å². The summed E-state index contributed by atoms with van der Waals surface area (Å²) in [6, 6.07) is 2.93. The average Bonchev–Trinajstić information content (AvgIpc) is 3.20. The number of phenols is 1. The minimum absolute atomic E-state index is 0.0337. The van der Waals surface area contributed by atoms with Crippen molar-refractivity contribution in [2.45, 2.75) is 25.4 Å². The zero-order valence-electron chi connectivity index (χ0n) is 18.6. The number of hydrogen-bond donors (Lipinski definition) is 1. The fourth-order valence-electron chi connectivity index (χ4n) is 3.37. The number of fused-ring (bicyclic) bond motifs is 1. The zero-order valence-corrected chi connectivity index (χ0v) is 19.5. The Kier molecular flexibility index (Phi) is 7.66. The number of phenolic OH excluding ortho intramolecular Hbond substituents is 1. The molecule has 10 nitrogen and oxygen atoms in total. The van der Waals surface area contributed by atoms with Gasteiger partial charge in [0.15, 0.2) is 11.4 Å². The number of ether oxygens (including phenoxy) is 2. The highest BCUT2D eigenvalue weighted by molar-refractivity contribution is 7.55. The summed E-state index contributed by atoms with van der Waals surface area (Å²) in [4.78, 5) is 37.9. The number of Topliss-reactive ketones (excluding diaryl/α,β-unsaturated/α-hetero) is 1. The number of esters is 2. The predicted molar refractivity (Wildman–Crippen MR) is 115 cm³/mol. The zero-order chi connectivity index (χ0) is 24.4. The molecule has 32 heavy (non-hydrogen) atoms. The third kappa shape index (κ3) is 4.34. The molecule has 0 unspecified atom stereocenters. The Balaban J connectivity index is 3.06. The number of allylic oxidation sites excluding steroid dienone is 1. The number of hydrogen-bond acceptors (Lipinski definition) is 10. The highest BCUT2D eigenvalue weighted by atomic mass is 31.2. The third-order valence-corrected chi connectivity index (χ3v) is 7.20. The van der Waals surface area contributed by atoms with Crippen molar-refractivity contribution in [3.63, 3.8) is 0 Å². The second-order valence-corrected chi connectivity index (χ2v) is 9.29. The Morgan fingerprint density at radius 1 is 1.03 bits per heavy atom. The van der Waals surface area contributed by atoms with E-state index in [0.717, 1.165) is 28.4 Å². The Bertz CT molecular complexity index is 1120. The first-order chi connectivity index (χ1) is 15.0. The summed E-state index contributed by atoms with van der Waals surface area (Å²) in [7, 11) is -0.211. The first-order valence-corrected chi connectivity index (χ1v) is 10.9. The lowest BCUT2D eigenvalue weighted by Gasteiger charge is -2.28. The van der Waals surface area contributed by atoms with Crippen molar-refractivity contribution in [1.29, 1.82) is 0 Å². The van der Waals surface area contributed by atoms with E-state index in [9.17, 15) is 24.1 Å². The van der Waals surface area contributed by atoms with Crippen LogP contribution in [0.15, 0.2) is 23.1 Å². The summed E-state index contributed by atoms with van der Waals surface area (Å²) in [6.07, 6.45) is 0. The number of rotatable bonds is 9. The maximum absolute atomic E-state index is 13.3. The molecule has 2 rings (SSSR count). The summed E-state index contributed by atoms with van der Waals surface area (Å²) < 4.78 is 38.7. The molecule has 0 aliphatic rings. The van der Waals surface area contributed by atoms with Crippen LogP contribution < -0.4 is 0 Å². The Morgan fingerprint density at radius 3 is 2.03 bits per heavy atom. The molecule has 0 aliphatic carbocycles. The highest BCUT2D eigenvalue weighted by Gasteiger charge is 2.52. The topological polar surface area (TPSA) is 139 Å². The van der Waals surface area contributed by atoms with E-state index in [2.05, 4.69) is 6.58 Å². The minimum Gasteiger partial charge on any atom is -0.507 e. The van der Waals surface area contributed by atoms with Crippen LogP contribution in [-0.4, -0.2) is 56.9 Å². The lowest BCUT2D eigenvalue weighted by atomic mass is 9.90. The number of ketones is 1. The molecule has 1 aromatic carbocycles. The smallest absolute Gasteiger partial charge is 0.345 e. The van der Waals surface area contributed by atoms with Gasteiger partial charge in [0, 0.05) is 19.6 Å². The molecule has 0 aliphatic heterocycles. The Labute approximate surface area is 184 Å². The van der Waals surface area contributed by atoms with Gasteiger partial charge in [-0.3, -0.25) is 18.9 Å². The van der Waals surface area contributed by atoms with Crippen LogP contribution in [0.1, 0.15) is 41.4 Å². The fourth-order valence-corrected chi connectivity index (χ4v) is 4.97. The van der Waals surface area contributed by atoms with Crippen molar-refractivity contribution in [3.8, 4) is 5.75 Å². The molecule has 1 N–H and O–H groups in total. The Morgan fingerprint density at radius 2 is 1.59 bits per heavy atom. The molecule has 11 heteroatoms. The standard InChI is InChI=1S/C21H25O10P/c1-10(2)14-9-12-8-13(11(3)22)17(23)15(18(12)31-14)16(20(24)27-4)19(21(25)28-5)32(26,29-6)30-7/h8-9,16,19,23H,1H2,2-7H3/t16-,19-/m0/s1. The van der Waals surface area contributed by atoms with Crippen LogP contribution in [0.2, 0.25) is 0 Å². The maximum Gasteiger partial charge on any atom is 0.345 e. The molecule has 0 saturated carbocycles. The van der Waals surface area contributed by atoms with Crippen molar-refractivity contribution < 1.29 is 47.0 Å². The quantitative estimate of drug-likeness (QED) is 0.329. The molecule has 1 heterocycles. The van der Waals surface area contributed by atoms with Crippen molar-refractivity contribution >= 4 is 41.9 Å². The van der Waals surface area contributed by atoms with Crippen LogP contribution in [0, 0.1) is 0 Å². The maximum atomic E-state index is 13.3. The van der Waals surface area contributed by atoms with Crippen LogP contribution in [0.25, 0.3) is 16.5 Å². The van der Waals surface area contributed by atoms with Crippen LogP contribution >= 0.6 is 7.60 Å². The van der Waals surface area contributed by atoms with E-state index in [1.807, 2.05) is 0 Å². The van der Waals surface area contributed by atoms with E-state index in [-0.39, 0.29) is 16.7 Å². The first-order valence-electron chi connectivity index (χ1n) is 9.30. The summed E-state index contributed by atoms with van der Waals surface area (Å²) in [5, 5.41) is 11.3. The van der Waals surface area contributed by atoms with Crippen LogP contribution in [0.3, 0.4) is 0 Å². The first kappa shape index (κ1) is 25.3. The average molecular weight is 468 g/mol. The van der Waals surface area contributed by atoms with E-state index >= 15 is 0 Å². The van der Waals surface area contributed by atoms with Gasteiger partial charge in [-0.2, -0.15) is 0 Å². The number of methoxy groups -OCH3 is 2. The number of furan rings is 1. The molecule has 1 aromatic heterocycles. The summed E-state index contributed by atoms with van der Waals surface area (Å²) in [6.45, 7) is 6.68. The second-order valence-electron chi connectivity index (χ2n) is 6.93. The molecule has 174 valence electrons. The fraction of sp³-hybridized carbons (Fsp3) is 0.381. The molecule has 0 spiro atoms. The van der Waals surface area contributed by atoms with Gasteiger partial charge in [-0.05, 0) is 31.6 Å². The highest BCUT2D eigenvalue weighted by Crippen LogP contribution is 2.58. The van der Waals surface area contributed by atoms with E-state index in [4.69, 9.17) is 22.9 Å². The molecule has 0 bridgehead atoms. The van der Waals surface area contributed by atoms with Gasteiger partial charge in [-0.1, -0.05) is 6.58 Å². The summed E-state index contributed by atoms with van der Waals surface area (Å²) in [5.41, 5.74) is -1.84. The van der Waals surface area contributed by atoms with Crippen molar-refractivity contribution in [2.75, 3.05) is 28.4 Å². The monoisotopic (exact) mass is 468 g/mol. The van der Waals surface area contributed by atoms with Crippen LogP contribution in [0.5, 0.6) is 5.75 Å². The second kappa shape index (κ2) is 9.68. The third-order valence-electron chi connectivity index (χ3n) is 4.99. The van der Waals surface area contributed by atoms with Crippen molar-refractivity contribution in [3.05, 3.63) is 35.6 Å². The number of benzene rings is 1. The van der Waals surface area contributed by atoms with Gasteiger partial charge in [-0.15, -0.1) is 0 Å². The van der Waals surface area contributed by atoms with E-state index < -0.39 is 42.6 Å². The number of carbonyl (C=O) groups excluding carboxylic acids is 3. The lowest BCUT2D eigenvalue weighted by Crippen LogP contribution is -2.36. The molecule has 0 fully saturated rings. The summed E-state index contributed by atoms with van der Waals surface area (Å²) in [5.74, 6) is -4.83. The van der Waals surface area contributed by atoms with Gasteiger partial charge in [0.25, 0.3) is 0 Å². The molecule has 0 amide bonds. The SMILES string of the molecule is C=C(C)c1cc2cc(C(C)=O)c(O)c([C@H](C(=O)OC)[C@@H](C(=O)OC)P(=O)(OC)OC)c2o1. The van der Waals surface area contributed by atoms with Crippen molar-refractivity contribution in [2.24, 2.45) is 0 Å². The minimum atomic E-state index is -4.33. The van der Waals surface area contributed by atoms with E-state index in [1.165, 1.54) is 13.0 Å². The van der Waals surface area contributed by atoms with Crippen LogP contribution in [-0.2, 0) is 32.7 Å². The van der Waals surface area contributed by atoms with Gasteiger partial charge in [0.05, 0.1) is 25.3 Å². The van der Waals surface area contributed by atoms with E-state index in [0.29, 0.717) is 16.7 Å². The largest absolute Gasteiger partial charge is 0.507 e. The van der Waals surface area contributed by atoms with Crippen LogP contribution in [0.4, 0.5) is 0 Å². The normalized spacial score (nSPS) is 13.4. The molecule has 0 radical (unpaired) electrons. The predicted octanol–water partition coefficient (Wildman–Crippen LogP) is 3.66. The van der Waals surface area contributed by atoms with Gasteiger partial charge in [-0.25, -0.2) is 0 Å². The summed E-state index contributed by atoms with van der Waals surface area (Å²) >= 11 is 0. The molecule has 2 aromatic rings. The van der Waals surface area contributed by atoms with Gasteiger partial charge < -0.3 is 28.0 Å². The van der Waals surface area contributed by atoms with Gasteiger partial charge >= 0.3 is 19.5 Å².